The van der Waals surface area contributed by atoms with Crippen LogP contribution in [0.3, 0.4) is 0 Å². The normalized spacial score (nSPS) is 11.9. The number of aliphatic carboxylic acids is 1. The van der Waals surface area contributed by atoms with Gasteiger partial charge in [0.05, 0.1) is 12.8 Å². The summed E-state index contributed by atoms with van der Waals surface area (Å²) in [6.07, 6.45) is 0.354. The number of carbonyl (C=O) groups is 1. The number of halogens is 1. The summed E-state index contributed by atoms with van der Waals surface area (Å²) >= 11 is 5.82. The van der Waals surface area contributed by atoms with Gasteiger partial charge in [0.1, 0.15) is 5.92 Å². The molecule has 1 heterocycles. The van der Waals surface area contributed by atoms with Gasteiger partial charge in [-0.1, -0.05) is 29.8 Å². The molecule has 0 aliphatic heterocycles. The van der Waals surface area contributed by atoms with Crippen molar-refractivity contribution in [3.63, 3.8) is 0 Å². The molecule has 104 valence electrons. The molecule has 2 aromatic rings. The van der Waals surface area contributed by atoms with Crippen LogP contribution in [0, 0.1) is 0 Å². The van der Waals surface area contributed by atoms with Gasteiger partial charge in [0.25, 0.3) is 0 Å². The van der Waals surface area contributed by atoms with Crippen molar-refractivity contribution < 1.29 is 14.6 Å². The second-order valence-electron chi connectivity index (χ2n) is 4.33. The lowest BCUT2D eigenvalue weighted by Crippen LogP contribution is -2.16. The van der Waals surface area contributed by atoms with Crippen LogP contribution in [0.1, 0.15) is 17.2 Å². The lowest BCUT2D eigenvalue weighted by Gasteiger charge is -2.13. The summed E-state index contributed by atoms with van der Waals surface area (Å²) in [5.41, 5.74) is 1.37. The lowest BCUT2D eigenvalue weighted by atomic mass is 9.96. The number of pyridine rings is 1. The Kier molecular flexibility index (Phi) is 4.58. The molecular formula is C15H14ClNO3. The molecular weight excluding hydrogens is 278 g/mol. The van der Waals surface area contributed by atoms with E-state index >= 15 is 0 Å². The van der Waals surface area contributed by atoms with Crippen LogP contribution in [0.15, 0.2) is 42.5 Å². The number of hydrogen-bond acceptors (Lipinski definition) is 3. The summed E-state index contributed by atoms with van der Waals surface area (Å²) < 4.78 is 5.03. The number of rotatable bonds is 5. The van der Waals surface area contributed by atoms with Crippen molar-refractivity contribution in [3.8, 4) is 5.88 Å². The van der Waals surface area contributed by atoms with E-state index in [9.17, 15) is 9.90 Å². The van der Waals surface area contributed by atoms with Gasteiger partial charge >= 0.3 is 5.97 Å². The Bertz CT molecular complexity index is 598. The molecule has 1 atom stereocenters. The molecule has 0 radical (unpaired) electrons. The molecule has 0 fully saturated rings. The third-order valence-corrected chi connectivity index (χ3v) is 3.21. The summed E-state index contributed by atoms with van der Waals surface area (Å²) in [5, 5.41) is 10.0. The molecule has 0 saturated carbocycles. The molecule has 1 aromatic carbocycles. The molecule has 0 aliphatic carbocycles. The first kappa shape index (κ1) is 14.3. The SMILES string of the molecule is COc1cccc(C(Cc2ccc(Cl)cc2)C(=O)O)n1. The highest BCUT2D eigenvalue weighted by atomic mass is 35.5. The van der Waals surface area contributed by atoms with Crippen molar-refractivity contribution in [1.29, 1.82) is 0 Å². The highest BCUT2D eigenvalue weighted by Crippen LogP contribution is 2.22. The monoisotopic (exact) mass is 291 g/mol. The minimum Gasteiger partial charge on any atom is -0.481 e. The fourth-order valence-electron chi connectivity index (χ4n) is 1.91. The van der Waals surface area contributed by atoms with Crippen molar-refractivity contribution in [1.82, 2.24) is 4.98 Å². The average molecular weight is 292 g/mol. The van der Waals surface area contributed by atoms with Gasteiger partial charge in [0, 0.05) is 11.1 Å². The van der Waals surface area contributed by atoms with Crippen LogP contribution in [-0.2, 0) is 11.2 Å². The maximum Gasteiger partial charge on any atom is 0.312 e. The molecule has 2 rings (SSSR count). The highest BCUT2D eigenvalue weighted by Gasteiger charge is 2.22. The number of hydrogen-bond donors (Lipinski definition) is 1. The van der Waals surface area contributed by atoms with E-state index in [0.717, 1.165) is 5.56 Å². The van der Waals surface area contributed by atoms with E-state index < -0.39 is 11.9 Å². The van der Waals surface area contributed by atoms with Crippen LogP contribution >= 0.6 is 11.6 Å². The van der Waals surface area contributed by atoms with Crippen molar-refractivity contribution in [2.24, 2.45) is 0 Å². The smallest absolute Gasteiger partial charge is 0.312 e. The van der Waals surface area contributed by atoms with E-state index in [1.165, 1.54) is 7.11 Å². The molecule has 0 bridgehead atoms. The first-order valence-corrected chi connectivity index (χ1v) is 6.46. The summed E-state index contributed by atoms with van der Waals surface area (Å²) in [5.74, 6) is -1.23. The lowest BCUT2D eigenvalue weighted by molar-refractivity contribution is -0.138. The largest absolute Gasteiger partial charge is 0.481 e. The fourth-order valence-corrected chi connectivity index (χ4v) is 2.04. The zero-order valence-corrected chi connectivity index (χ0v) is 11.7. The third-order valence-electron chi connectivity index (χ3n) is 2.96. The third kappa shape index (κ3) is 3.48. The van der Waals surface area contributed by atoms with E-state index in [-0.39, 0.29) is 0 Å². The van der Waals surface area contributed by atoms with Gasteiger partial charge < -0.3 is 9.84 Å². The first-order chi connectivity index (χ1) is 9.60. The second kappa shape index (κ2) is 6.39. The molecule has 0 saturated heterocycles. The Labute approximate surface area is 122 Å². The van der Waals surface area contributed by atoms with E-state index in [2.05, 4.69) is 4.98 Å². The molecule has 5 heteroatoms. The highest BCUT2D eigenvalue weighted by molar-refractivity contribution is 6.30. The summed E-state index contributed by atoms with van der Waals surface area (Å²) in [7, 11) is 1.50. The summed E-state index contributed by atoms with van der Waals surface area (Å²) in [4.78, 5) is 15.7. The van der Waals surface area contributed by atoms with Crippen LogP contribution < -0.4 is 4.74 Å². The Morgan fingerprint density at radius 1 is 1.30 bits per heavy atom. The summed E-state index contributed by atoms with van der Waals surface area (Å²) in [6.45, 7) is 0. The molecule has 1 aromatic heterocycles. The van der Waals surface area contributed by atoms with Crippen molar-refractivity contribution in [3.05, 3.63) is 58.7 Å². The van der Waals surface area contributed by atoms with Gasteiger partial charge in [-0.15, -0.1) is 0 Å². The van der Waals surface area contributed by atoms with Crippen LogP contribution in [0.5, 0.6) is 5.88 Å². The number of ether oxygens (including phenoxy) is 1. The number of nitrogens with zero attached hydrogens (tertiary/aromatic N) is 1. The molecule has 0 spiro atoms. The van der Waals surface area contributed by atoms with Gasteiger partial charge in [-0.3, -0.25) is 4.79 Å². The van der Waals surface area contributed by atoms with Gasteiger partial charge in [-0.05, 0) is 30.2 Å². The van der Waals surface area contributed by atoms with Gasteiger partial charge in [-0.25, -0.2) is 4.98 Å². The minimum atomic E-state index is -0.916. The number of aromatic nitrogens is 1. The molecule has 1 N–H and O–H groups in total. The van der Waals surface area contributed by atoms with Crippen molar-refractivity contribution in [2.75, 3.05) is 7.11 Å². The minimum absolute atomic E-state index is 0.354. The van der Waals surface area contributed by atoms with Crippen molar-refractivity contribution >= 4 is 17.6 Å². The standard InChI is InChI=1S/C15H14ClNO3/c1-20-14-4-2-3-13(17-14)12(15(18)19)9-10-5-7-11(16)8-6-10/h2-8,12H,9H2,1H3,(H,18,19). The summed E-state index contributed by atoms with van der Waals surface area (Å²) in [6, 6.07) is 12.2. The number of carboxylic acids is 1. The van der Waals surface area contributed by atoms with Gasteiger partial charge in [-0.2, -0.15) is 0 Å². The second-order valence-corrected chi connectivity index (χ2v) is 4.76. The number of carboxylic acid groups (broad SMARTS) is 1. The number of methoxy groups -OCH3 is 1. The van der Waals surface area contributed by atoms with Crippen LogP contribution in [0.25, 0.3) is 0 Å². The molecule has 0 aliphatic rings. The van der Waals surface area contributed by atoms with Crippen LogP contribution in [0.2, 0.25) is 5.02 Å². The van der Waals surface area contributed by atoms with Gasteiger partial charge in [0.15, 0.2) is 0 Å². The molecule has 0 amide bonds. The first-order valence-electron chi connectivity index (χ1n) is 6.08. The predicted octanol–water partition coefficient (Wildman–Crippen LogP) is 3.15. The Hall–Kier alpha value is -2.07. The fraction of sp³-hybridized carbons (Fsp3) is 0.200. The van der Waals surface area contributed by atoms with Crippen LogP contribution in [0.4, 0.5) is 0 Å². The molecule has 4 nitrogen and oxygen atoms in total. The Morgan fingerprint density at radius 3 is 2.60 bits per heavy atom. The zero-order chi connectivity index (χ0) is 14.5. The number of benzene rings is 1. The van der Waals surface area contributed by atoms with Crippen LogP contribution in [-0.4, -0.2) is 23.2 Å². The maximum absolute atomic E-state index is 11.5. The average Bonchev–Trinajstić information content (AvgIpc) is 2.46. The van der Waals surface area contributed by atoms with E-state index in [4.69, 9.17) is 16.3 Å². The van der Waals surface area contributed by atoms with Gasteiger partial charge in [0.2, 0.25) is 5.88 Å². The molecule has 1 unspecified atom stereocenters. The predicted molar refractivity (Wildman–Crippen MR) is 76.3 cm³/mol. The van der Waals surface area contributed by atoms with E-state index in [1.54, 1.807) is 30.3 Å². The van der Waals surface area contributed by atoms with Crippen molar-refractivity contribution in [2.45, 2.75) is 12.3 Å². The Morgan fingerprint density at radius 2 is 2.00 bits per heavy atom. The Balaban J connectivity index is 2.26. The van der Waals surface area contributed by atoms with E-state index in [1.807, 2.05) is 12.1 Å². The quantitative estimate of drug-likeness (QED) is 0.919. The molecule has 20 heavy (non-hydrogen) atoms. The topological polar surface area (TPSA) is 59.4 Å². The van der Waals surface area contributed by atoms with E-state index in [0.29, 0.717) is 23.0 Å². The zero-order valence-electron chi connectivity index (χ0n) is 10.9. The maximum atomic E-state index is 11.5.